The summed E-state index contributed by atoms with van der Waals surface area (Å²) in [6.45, 7) is 4.81. The molecular weight excluding hydrogens is 224 g/mol. The van der Waals surface area contributed by atoms with E-state index in [0.717, 1.165) is 32.5 Å². The molecule has 0 saturated carbocycles. The van der Waals surface area contributed by atoms with Gasteiger partial charge in [0.05, 0.1) is 0 Å². The first-order valence-electron chi connectivity index (χ1n) is 6.81. The molecule has 18 heavy (non-hydrogen) atoms. The van der Waals surface area contributed by atoms with Crippen molar-refractivity contribution >= 4 is 5.91 Å². The lowest BCUT2D eigenvalue weighted by molar-refractivity contribution is -0.134. The van der Waals surface area contributed by atoms with Gasteiger partial charge >= 0.3 is 0 Å². The van der Waals surface area contributed by atoms with Crippen LogP contribution in [0.4, 0.5) is 0 Å². The molecule has 0 aliphatic carbocycles. The van der Waals surface area contributed by atoms with E-state index in [0.29, 0.717) is 18.4 Å². The molecule has 1 aliphatic heterocycles. The highest BCUT2D eigenvalue weighted by atomic mass is 16.2. The van der Waals surface area contributed by atoms with Crippen molar-refractivity contribution in [1.29, 1.82) is 0 Å². The number of nitrogens with one attached hydrogen (secondary N) is 1. The van der Waals surface area contributed by atoms with Crippen molar-refractivity contribution < 1.29 is 4.79 Å². The lowest BCUT2D eigenvalue weighted by Gasteiger charge is -2.34. The second-order valence-electron chi connectivity index (χ2n) is 4.98. The largest absolute Gasteiger partial charge is 0.337 e. The Morgan fingerprint density at radius 1 is 1.39 bits per heavy atom. The van der Waals surface area contributed by atoms with Gasteiger partial charge in [0.1, 0.15) is 0 Å². The zero-order chi connectivity index (χ0) is 12.8. The minimum atomic E-state index is 0.305. The first kappa shape index (κ1) is 13.1. The fourth-order valence-corrected chi connectivity index (χ4v) is 2.44. The van der Waals surface area contributed by atoms with Crippen molar-refractivity contribution in [2.24, 2.45) is 0 Å². The van der Waals surface area contributed by atoms with Crippen molar-refractivity contribution in [2.75, 3.05) is 19.6 Å². The summed E-state index contributed by atoms with van der Waals surface area (Å²) >= 11 is 0. The number of hydrogen-bond donors (Lipinski definition) is 1. The molecule has 1 saturated heterocycles. The third-order valence-electron chi connectivity index (χ3n) is 3.52. The topological polar surface area (TPSA) is 32.3 Å². The predicted octanol–water partition coefficient (Wildman–Crippen LogP) is 1.83. The number of hydrogen-bond acceptors (Lipinski definition) is 2. The summed E-state index contributed by atoms with van der Waals surface area (Å²) in [5, 5.41) is 3.31. The average Bonchev–Trinajstić information content (AvgIpc) is 2.40. The zero-order valence-electron chi connectivity index (χ0n) is 11.1. The number of aryl methyl sites for hydroxylation is 1. The van der Waals surface area contributed by atoms with Gasteiger partial charge in [0.2, 0.25) is 5.91 Å². The maximum absolute atomic E-state index is 12.1. The summed E-state index contributed by atoms with van der Waals surface area (Å²) < 4.78 is 0. The van der Waals surface area contributed by atoms with Crippen LogP contribution < -0.4 is 5.32 Å². The van der Waals surface area contributed by atoms with E-state index in [2.05, 4.69) is 36.5 Å². The van der Waals surface area contributed by atoms with Crippen molar-refractivity contribution in [1.82, 2.24) is 10.2 Å². The summed E-state index contributed by atoms with van der Waals surface area (Å²) in [4.78, 5) is 14.1. The number of carbonyl (C=O) groups is 1. The fraction of sp³-hybridized carbons (Fsp3) is 0.533. The second kappa shape index (κ2) is 6.55. The van der Waals surface area contributed by atoms with Crippen molar-refractivity contribution in [3.63, 3.8) is 0 Å². The fourth-order valence-electron chi connectivity index (χ4n) is 2.44. The van der Waals surface area contributed by atoms with Gasteiger partial charge in [-0.2, -0.15) is 0 Å². The van der Waals surface area contributed by atoms with E-state index in [1.54, 1.807) is 0 Å². The van der Waals surface area contributed by atoms with Crippen LogP contribution >= 0.6 is 0 Å². The van der Waals surface area contributed by atoms with Crippen molar-refractivity contribution in [3.8, 4) is 0 Å². The van der Waals surface area contributed by atoms with Gasteiger partial charge in [-0.3, -0.25) is 4.79 Å². The van der Waals surface area contributed by atoms with Crippen LogP contribution in [0.3, 0.4) is 0 Å². The molecule has 0 bridgehead atoms. The van der Waals surface area contributed by atoms with Gasteiger partial charge in [-0.1, -0.05) is 30.3 Å². The van der Waals surface area contributed by atoms with E-state index in [4.69, 9.17) is 0 Å². The second-order valence-corrected chi connectivity index (χ2v) is 4.98. The third kappa shape index (κ3) is 3.57. The van der Waals surface area contributed by atoms with E-state index in [1.165, 1.54) is 5.56 Å². The molecule has 2 rings (SSSR count). The van der Waals surface area contributed by atoms with E-state index in [9.17, 15) is 4.79 Å². The van der Waals surface area contributed by atoms with E-state index >= 15 is 0 Å². The third-order valence-corrected chi connectivity index (χ3v) is 3.52. The Labute approximate surface area is 109 Å². The van der Waals surface area contributed by atoms with Crippen LogP contribution in [0.25, 0.3) is 0 Å². The summed E-state index contributed by atoms with van der Waals surface area (Å²) in [7, 11) is 0. The molecule has 1 aromatic carbocycles. The van der Waals surface area contributed by atoms with Crippen molar-refractivity contribution in [3.05, 3.63) is 35.9 Å². The monoisotopic (exact) mass is 246 g/mol. The standard InChI is InChI=1S/C15H22N2O/c1-13-12-16-10-11-17(13)15(18)9-5-8-14-6-3-2-4-7-14/h2-4,6-7,13,16H,5,8-12H2,1H3. The minimum absolute atomic E-state index is 0.305. The molecule has 3 heteroatoms. The van der Waals surface area contributed by atoms with E-state index in [1.807, 2.05) is 11.0 Å². The Morgan fingerprint density at radius 2 is 2.17 bits per heavy atom. The minimum Gasteiger partial charge on any atom is -0.337 e. The van der Waals surface area contributed by atoms with Crippen LogP contribution in [-0.4, -0.2) is 36.5 Å². The average molecular weight is 246 g/mol. The molecule has 1 aromatic rings. The zero-order valence-corrected chi connectivity index (χ0v) is 11.1. The molecule has 3 nitrogen and oxygen atoms in total. The summed E-state index contributed by atoms with van der Waals surface area (Å²) in [6, 6.07) is 10.7. The summed E-state index contributed by atoms with van der Waals surface area (Å²) in [5.41, 5.74) is 1.32. The van der Waals surface area contributed by atoms with E-state index < -0.39 is 0 Å². The number of carbonyl (C=O) groups excluding carboxylic acids is 1. The van der Waals surface area contributed by atoms with Crippen LogP contribution in [0.1, 0.15) is 25.3 Å². The highest BCUT2D eigenvalue weighted by Gasteiger charge is 2.21. The lowest BCUT2D eigenvalue weighted by atomic mass is 10.1. The van der Waals surface area contributed by atoms with E-state index in [-0.39, 0.29) is 0 Å². The summed E-state index contributed by atoms with van der Waals surface area (Å²) in [6.07, 6.45) is 2.60. The molecule has 1 unspecified atom stereocenters. The highest BCUT2D eigenvalue weighted by Crippen LogP contribution is 2.09. The first-order valence-corrected chi connectivity index (χ1v) is 6.81. The highest BCUT2D eigenvalue weighted by molar-refractivity contribution is 5.76. The van der Waals surface area contributed by atoms with Crippen LogP contribution in [0.15, 0.2) is 30.3 Å². The lowest BCUT2D eigenvalue weighted by Crippen LogP contribution is -2.52. The van der Waals surface area contributed by atoms with Gasteiger partial charge < -0.3 is 10.2 Å². The van der Waals surface area contributed by atoms with Gasteiger partial charge in [-0.25, -0.2) is 0 Å². The molecule has 1 N–H and O–H groups in total. The number of nitrogens with zero attached hydrogens (tertiary/aromatic N) is 1. The smallest absolute Gasteiger partial charge is 0.222 e. The predicted molar refractivity (Wildman–Crippen MR) is 73.4 cm³/mol. The van der Waals surface area contributed by atoms with Crippen molar-refractivity contribution in [2.45, 2.75) is 32.2 Å². The molecule has 1 aliphatic rings. The Bertz CT molecular complexity index is 377. The molecular formula is C15H22N2O. The maximum Gasteiger partial charge on any atom is 0.222 e. The van der Waals surface area contributed by atoms with Gasteiger partial charge in [-0.05, 0) is 25.3 Å². The maximum atomic E-state index is 12.1. The summed E-state index contributed by atoms with van der Waals surface area (Å²) in [5.74, 6) is 0.305. The molecule has 0 radical (unpaired) electrons. The number of piperazine rings is 1. The normalized spacial score (nSPS) is 19.8. The van der Waals surface area contributed by atoms with Gasteiger partial charge in [-0.15, -0.1) is 0 Å². The van der Waals surface area contributed by atoms with Gasteiger partial charge in [0.25, 0.3) is 0 Å². The van der Waals surface area contributed by atoms with Crippen LogP contribution in [0.5, 0.6) is 0 Å². The number of benzene rings is 1. The van der Waals surface area contributed by atoms with Gasteiger partial charge in [0, 0.05) is 32.1 Å². The quantitative estimate of drug-likeness (QED) is 0.879. The van der Waals surface area contributed by atoms with Crippen LogP contribution in [-0.2, 0) is 11.2 Å². The Hall–Kier alpha value is -1.35. The molecule has 1 amide bonds. The van der Waals surface area contributed by atoms with Gasteiger partial charge in [0.15, 0.2) is 0 Å². The molecule has 98 valence electrons. The Kier molecular flexibility index (Phi) is 4.76. The molecule has 1 heterocycles. The number of amides is 1. The number of rotatable bonds is 4. The van der Waals surface area contributed by atoms with Crippen LogP contribution in [0, 0.1) is 0 Å². The SMILES string of the molecule is CC1CNCCN1C(=O)CCCc1ccccc1. The molecule has 0 aromatic heterocycles. The Morgan fingerprint density at radius 3 is 2.89 bits per heavy atom. The van der Waals surface area contributed by atoms with Crippen LogP contribution in [0.2, 0.25) is 0 Å². The molecule has 1 atom stereocenters. The Balaban J connectivity index is 1.74. The first-order chi connectivity index (χ1) is 8.77. The molecule has 0 spiro atoms. The molecule has 1 fully saturated rings.